The minimum absolute atomic E-state index is 0.445. The van der Waals surface area contributed by atoms with Crippen LogP contribution in [0.15, 0.2) is 36.4 Å². The van der Waals surface area contributed by atoms with Crippen LogP contribution in [0.5, 0.6) is 0 Å². The molecule has 0 amide bonds. The molecule has 2 heteroatoms. The molecule has 2 saturated carbocycles. The molecule has 3 rings (SSSR count). The Hall–Kier alpha value is -1.59. The van der Waals surface area contributed by atoms with Crippen LogP contribution in [0.25, 0.3) is 0 Å². The summed E-state index contributed by atoms with van der Waals surface area (Å²) in [5, 5.41) is 8.65. The number of hydrogen-bond acceptors (Lipinski definition) is 2. The van der Waals surface area contributed by atoms with E-state index in [1.165, 1.54) is 63.4 Å². The third-order valence-electron chi connectivity index (χ3n) is 6.85. The molecule has 2 aliphatic rings. The molecule has 0 unspecified atom stereocenters. The predicted molar refractivity (Wildman–Crippen MR) is 116 cm³/mol. The van der Waals surface area contributed by atoms with Crippen molar-refractivity contribution in [2.24, 2.45) is 11.8 Å². The predicted octanol–water partition coefficient (Wildman–Crippen LogP) is 6.96. The summed E-state index contributed by atoms with van der Waals surface area (Å²) in [7, 11) is 0. The van der Waals surface area contributed by atoms with Crippen molar-refractivity contribution in [3.05, 3.63) is 47.5 Å². The highest BCUT2D eigenvalue weighted by molar-refractivity contribution is 5.26. The summed E-state index contributed by atoms with van der Waals surface area (Å²) in [6.45, 7) is 3.21. The van der Waals surface area contributed by atoms with Gasteiger partial charge in [0.2, 0.25) is 0 Å². The zero-order chi connectivity index (χ0) is 19.6. The smallest absolute Gasteiger partial charge is 0.0908 e. The number of allylic oxidation sites excluding steroid dienone is 2. The van der Waals surface area contributed by atoms with Gasteiger partial charge in [0, 0.05) is 12.7 Å². The first-order chi connectivity index (χ1) is 13.8. The zero-order valence-electron chi connectivity index (χ0n) is 17.6. The molecule has 1 aromatic rings. The molecular weight excluding hydrogens is 342 g/mol. The molecule has 0 bridgehead atoms. The fourth-order valence-electron chi connectivity index (χ4n) is 4.90. The highest BCUT2D eigenvalue weighted by Crippen LogP contribution is 2.36. The fraction of sp³-hybridized carbons (Fsp3) is 0.654. The molecule has 0 saturated heterocycles. The molecule has 0 N–H and O–H groups in total. The molecule has 0 aliphatic heterocycles. The van der Waals surface area contributed by atoms with Crippen molar-refractivity contribution >= 4 is 0 Å². The van der Waals surface area contributed by atoms with Gasteiger partial charge in [-0.3, -0.25) is 0 Å². The number of benzene rings is 1. The first-order valence-electron chi connectivity index (χ1n) is 11.5. The van der Waals surface area contributed by atoms with E-state index < -0.39 is 0 Å². The first-order valence-corrected chi connectivity index (χ1v) is 11.5. The van der Waals surface area contributed by atoms with Crippen LogP contribution >= 0.6 is 0 Å². The van der Waals surface area contributed by atoms with Gasteiger partial charge in [-0.25, -0.2) is 0 Å². The number of ether oxygens (including phenoxy) is 1. The van der Waals surface area contributed by atoms with E-state index in [1.54, 1.807) is 11.6 Å². The second-order valence-corrected chi connectivity index (χ2v) is 8.92. The van der Waals surface area contributed by atoms with Crippen LogP contribution in [-0.2, 0) is 11.2 Å². The van der Waals surface area contributed by atoms with Crippen LogP contribution in [0.1, 0.15) is 88.2 Å². The maximum atomic E-state index is 8.65. The van der Waals surface area contributed by atoms with Crippen molar-refractivity contribution in [2.45, 2.75) is 89.6 Å². The number of aryl methyl sites for hydroxylation is 1. The van der Waals surface area contributed by atoms with E-state index in [1.807, 2.05) is 0 Å². The normalized spacial score (nSPS) is 28.3. The van der Waals surface area contributed by atoms with Crippen molar-refractivity contribution in [3.8, 4) is 6.07 Å². The quantitative estimate of drug-likeness (QED) is 0.457. The lowest BCUT2D eigenvalue weighted by atomic mass is 9.79. The number of rotatable bonds is 8. The van der Waals surface area contributed by atoms with Gasteiger partial charge in [0.25, 0.3) is 0 Å². The molecule has 2 aliphatic carbocycles. The van der Waals surface area contributed by atoms with Crippen LogP contribution in [0.4, 0.5) is 0 Å². The molecule has 152 valence electrons. The van der Waals surface area contributed by atoms with Crippen LogP contribution in [-0.4, -0.2) is 12.7 Å². The minimum atomic E-state index is 0.445. The molecule has 0 heterocycles. The Morgan fingerprint density at radius 2 is 1.71 bits per heavy atom. The average molecular weight is 380 g/mol. The zero-order valence-corrected chi connectivity index (χ0v) is 17.6. The van der Waals surface area contributed by atoms with Crippen molar-refractivity contribution in [2.75, 3.05) is 6.61 Å². The maximum Gasteiger partial charge on any atom is 0.0908 e. The first kappa shape index (κ1) is 21.1. The number of unbranched alkanes of at least 4 members (excludes halogenated alkanes) is 1. The largest absolute Gasteiger partial charge is 0.378 e. The van der Waals surface area contributed by atoms with E-state index in [9.17, 15) is 0 Å². The van der Waals surface area contributed by atoms with Gasteiger partial charge in [-0.15, -0.1) is 0 Å². The van der Waals surface area contributed by atoms with Gasteiger partial charge < -0.3 is 4.74 Å². The average Bonchev–Trinajstić information content (AvgIpc) is 2.76. The summed E-state index contributed by atoms with van der Waals surface area (Å²) in [6.07, 6.45) is 17.8. The Bertz CT molecular complexity index is 625. The summed E-state index contributed by atoms with van der Waals surface area (Å²) >= 11 is 0. The lowest BCUT2D eigenvalue weighted by Gasteiger charge is -2.32. The number of nitriles is 1. The summed E-state index contributed by atoms with van der Waals surface area (Å²) < 4.78 is 6.28. The van der Waals surface area contributed by atoms with Crippen molar-refractivity contribution in [1.29, 1.82) is 5.26 Å². The Balaban J connectivity index is 1.34. The van der Waals surface area contributed by atoms with E-state index in [4.69, 9.17) is 10.00 Å². The van der Waals surface area contributed by atoms with Crippen LogP contribution < -0.4 is 0 Å². The van der Waals surface area contributed by atoms with Gasteiger partial charge in [-0.1, -0.05) is 43.7 Å². The third-order valence-corrected chi connectivity index (χ3v) is 6.85. The molecule has 0 aromatic heterocycles. The van der Waals surface area contributed by atoms with Crippen LogP contribution in [0.2, 0.25) is 0 Å². The Morgan fingerprint density at radius 3 is 2.36 bits per heavy atom. The lowest BCUT2D eigenvalue weighted by molar-refractivity contribution is -0.00456. The molecule has 0 radical (unpaired) electrons. The number of hydrogen-bond donors (Lipinski definition) is 0. The molecule has 1 aromatic carbocycles. The highest BCUT2D eigenvalue weighted by atomic mass is 16.5. The van der Waals surface area contributed by atoms with Crippen LogP contribution in [0, 0.1) is 23.2 Å². The standard InChI is InChI=1S/C26H37NO/c1-2-3-5-21-7-13-24(14-8-21)25-15-9-23(10-16-25)20-28-26-17-11-22(12-18-26)6-4-19-27/h4,6-8,13-14,22-23,25-26H,2-3,5,9-12,15-18,20H2,1H3. The summed E-state index contributed by atoms with van der Waals surface area (Å²) in [5.41, 5.74) is 3.04. The molecule has 2 fully saturated rings. The topological polar surface area (TPSA) is 33.0 Å². The van der Waals surface area contributed by atoms with Gasteiger partial charge in [0.1, 0.15) is 0 Å². The Labute approximate surface area is 172 Å². The summed E-state index contributed by atoms with van der Waals surface area (Å²) in [5.74, 6) is 2.08. The lowest BCUT2D eigenvalue weighted by Crippen LogP contribution is -2.25. The van der Waals surface area contributed by atoms with Gasteiger partial charge in [0.15, 0.2) is 0 Å². The summed E-state index contributed by atoms with van der Waals surface area (Å²) in [6, 6.07) is 11.6. The Morgan fingerprint density at radius 1 is 1.00 bits per heavy atom. The van der Waals surface area contributed by atoms with Crippen LogP contribution in [0.3, 0.4) is 0 Å². The van der Waals surface area contributed by atoms with Gasteiger partial charge >= 0.3 is 0 Å². The fourth-order valence-corrected chi connectivity index (χ4v) is 4.90. The Kier molecular flexibility index (Phi) is 8.62. The highest BCUT2D eigenvalue weighted by Gasteiger charge is 2.25. The maximum absolute atomic E-state index is 8.65. The van der Waals surface area contributed by atoms with Gasteiger partial charge in [-0.2, -0.15) is 5.26 Å². The van der Waals surface area contributed by atoms with E-state index >= 15 is 0 Å². The van der Waals surface area contributed by atoms with E-state index in [0.717, 1.165) is 31.3 Å². The molecule has 0 spiro atoms. The second kappa shape index (κ2) is 11.4. The van der Waals surface area contributed by atoms with Gasteiger partial charge in [0.05, 0.1) is 12.2 Å². The molecule has 2 nitrogen and oxygen atoms in total. The third kappa shape index (κ3) is 6.49. The number of nitrogens with zero attached hydrogens (tertiary/aromatic N) is 1. The second-order valence-electron chi connectivity index (χ2n) is 8.92. The van der Waals surface area contributed by atoms with Crippen molar-refractivity contribution in [1.82, 2.24) is 0 Å². The minimum Gasteiger partial charge on any atom is -0.378 e. The summed E-state index contributed by atoms with van der Waals surface area (Å²) in [4.78, 5) is 0. The monoisotopic (exact) mass is 379 g/mol. The SMILES string of the molecule is CCCCc1ccc(C2CCC(COC3CCC(C=CC#N)CC3)CC2)cc1. The molecule has 0 atom stereocenters. The molecular formula is C26H37NO. The van der Waals surface area contributed by atoms with E-state index in [0.29, 0.717) is 12.0 Å². The van der Waals surface area contributed by atoms with E-state index in [2.05, 4.69) is 43.3 Å². The van der Waals surface area contributed by atoms with Crippen molar-refractivity contribution in [3.63, 3.8) is 0 Å². The molecule has 28 heavy (non-hydrogen) atoms. The van der Waals surface area contributed by atoms with Gasteiger partial charge in [-0.05, 0) is 93.1 Å². The van der Waals surface area contributed by atoms with Crippen molar-refractivity contribution < 1.29 is 4.74 Å². The van der Waals surface area contributed by atoms with E-state index in [-0.39, 0.29) is 0 Å².